The van der Waals surface area contributed by atoms with Crippen molar-refractivity contribution >= 4 is 34.6 Å². The van der Waals surface area contributed by atoms with Gasteiger partial charge >= 0.3 is 5.69 Å². The average Bonchev–Trinajstić information content (AvgIpc) is 2.67. The fourth-order valence-corrected chi connectivity index (χ4v) is 3.53. The average molecular weight is 430 g/mol. The molecule has 1 aliphatic heterocycles. The molecule has 1 fully saturated rings. The van der Waals surface area contributed by atoms with Gasteiger partial charge in [0.25, 0.3) is 0 Å². The third kappa shape index (κ3) is 5.59. The molecule has 4 N–H and O–H groups in total. The standard InChI is InChI=1S/C21H27FN6O3/c1-21(2,3)26-18-7-6-17(28(30)31)20(25-18)24-14-4-5-16(15(22)12-14)27-10-8-13(9-11-27)19(23)29/h4-7,12-13H,8-11H2,1-3H3,(H2,23,29)(H2,24,25,26). The van der Waals surface area contributed by atoms with Gasteiger partial charge in [-0.3, -0.25) is 14.9 Å². The van der Waals surface area contributed by atoms with Crippen molar-refractivity contribution in [3.05, 3.63) is 46.3 Å². The molecule has 0 bridgehead atoms. The van der Waals surface area contributed by atoms with E-state index in [1.54, 1.807) is 12.1 Å². The lowest BCUT2D eigenvalue weighted by Gasteiger charge is -2.32. The maximum atomic E-state index is 14.8. The first-order valence-corrected chi connectivity index (χ1v) is 10.1. The van der Waals surface area contributed by atoms with Crippen LogP contribution in [-0.2, 0) is 4.79 Å². The summed E-state index contributed by atoms with van der Waals surface area (Å²) in [7, 11) is 0. The Hall–Kier alpha value is -3.43. The number of nitrogens with one attached hydrogen (secondary N) is 2. The molecule has 1 amide bonds. The van der Waals surface area contributed by atoms with Crippen molar-refractivity contribution in [1.29, 1.82) is 0 Å². The summed E-state index contributed by atoms with van der Waals surface area (Å²) in [6.07, 6.45) is 1.16. The van der Waals surface area contributed by atoms with E-state index >= 15 is 0 Å². The molecule has 1 aliphatic rings. The van der Waals surface area contributed by atoms with Gasteiger partial charge < -0.3 is 21.3 Å². The van der Waals surface area contributed by atoms with Gasteiger partial charge in [-0.15, -0.1) is 0 Å². The summed E-state index contributed by atoms with van der Waals surface area (Å²) < 4.78 is 14.8. The van der Waals surface area contributed by atoms with E-state index in [2.05, 4.69) is 15.6 Å². The van der Waals surface area contributed by atoms with Crippen molar-refractivity contribution < 1.29 is 14.1 Å². The summed E-state index contributed by atoms with van der Waals surface area (Å²) in [5.41, 5.74) is 5.62. The molecule has 9 nitrogen and oxygen atoms in total. The Morgan fingerprint density at radius 2 is 1.94 bits per heavy atom. The minimum absolute atomic E-state index is 0.0219. The summed E-state index contributed by atoms with van der Waals surface area (Å²) in [6, 6.07) is 7.44. The first-order chi connectivity index (χ1) is 14.5. The van der Waals surface area contributed by atoms with Gasteiger partial charge in [0.1, 0.15) is 11.6 Å². The number of piperidine rings is 1. The first-order valence-electron chi connectivity index (χ1n) is 10.1. The van der Waals surface area contributed by atoms with E-state index in [-0.39, 0.29) is 28.9 Å². The monoisotopic (exact) mass is 430 g/mol. The number of primary amides is 1. The Balaban J connectivity index is 1.80. The van der Waals surface area contributed by atoms with Gasteiger partial charge in [0.2, 0.25) is 11.7 Å². The highest BCUT2D eigenvalue weighted by molar-refractivity contribution is 5.77. The highest BCUT2D eigenvalue weighted by Crippen LogP contribution is 2.31. The number of nitro groups is 1. The molecule has 0 unspecified atom stereocenters. The lowest BCUT2D eigenvalue weighted by Crippen LogP contribution is -2.38. The van der Waals surface area contributed by atoms with Crippen molar-refractivity contribution in [2.24, 2.45) is 11.7 Å². The quantitative estimate of drug-likeness (QED) is 0.470. The van der Waals surface area contributed by atoms with Gasteiger partial charge in [-0.2, -0.15) is 0 Å². The summed E-state index contributed by atoms with van der Waals surface area (Å²) in [5, 5.41) is 17.4. The van der Waals surface area contributed by atoms with Crippen molar-refractivity contribution in [1.82, 2.24) is 4.98 Å². The molecule has 2 heterocycles. The number of rotatable bonds is 6. The van der Waals surface area contributed by atoms with Gasteiger partial charge in [0.05, 0.1) is 10.6 Å². The summed E-state index contributed by atoms with van der Waals surface area (Å²) >= 11 is 0. The van der Waals surface area contributed by atoms with Crippen LogP contribution in [0.1, 0.15) is 33.6 Å². The number of halogens is 1. The Bertz CT molecular complexity index is 984. The van der Waals surface area contributed by atoms with E-state index in [4.69, 9.17) is 5.73 Å². The first kappa shape index (κ1) is 22.3. The van der Waals surface area contributed by atoms with Gasteiger partial charge in [-0.1, -0.05) is 0 Å². The molecule has 1 saturated heterocycles. The van der Waals surface area contributed by atoms with Gasteiger partial charge in [-0.05, 0) is 57.9 Å². The molecule has 31 heavy (non-hydrogen) atoms. The van der Waals surface area contributed by atoms with Gasteiger partial charge in [0, 0.05) is 36.3 Å². The van der Waals surface area contributed by atoms with Gasteiger partial charge in [0.15, 0.2) is 0 Å². The molecular formula is C21H27FN6O3. The maximum absolute atomic E-state index is 14.8. The predicted molar refractivity (Wildman–Crippen MR) is 118 cm³/mol. The van der Waals surface area contributed by atoms with Crippen LogP contribution < -0.4 is 21.3 Å². The molecule has 0 atom stereocenters. The third-order valence-corrected chi connectivity index (χ3v) is 5.02. The molecule has 2 aromatic rings. The van der Waals surface area contributed by atoms with E-state index in [9.17, 15) is 19.3 Å². The fourth-order valence-electron chi connectivity index (χ4n) is 3.53. The summed E-state index contributed by atoms with van der Waals surface area (Å²) in [4.78, 5) is 28.4. The topological polar surface area (TPSA) is 126 Å². The molecule has 0 radical (unpaired) electrons. The van der Waals surface area contributed by atoms with E-state index in [0.29, 0.717) is 43.1 Å². The van der Waals surface area contributed by atoms with Crippen molar-refractivity contribution in [3.63, 3.8) is 0 Å². The van der Waals surface area contributed by atoms with E-state index in [0.717, 1.165) is 0 Å². The zero-order valence-electron chi connectivity index (χ0n) is 17.8. The smallest absolute Gasteiger partial charge is 0.311 e. The number of carbonyl (C=O) groups is 1. The van der Waals surface area contributed by atoms with Crippen molar-refractivity contribution in [2.75, 3.05) is 28.6 Å². The Kier molecular flexibility index (Phi) is 6.28. The minimum Gasteiger partial charge on any atom is -0.369 e. The number of aromatic nitrogens is 1. The lowest BCUT2D eigenvalue weighted by molar-refractivity contribution is -0.384. The number of nitrogens with zero attached hydrogens (tertiary/aromatic N) is 3. The number of carbonyl (C=O) groups excluding carboxylic acids is 1. The molecule has 1 aromatic heterocycles. The van der Waals surface area contributed by atoms with Crippen LogP contribution in [0.5, 0.6) is 0 Å². The SMILES string of the molecule is CC(C)(C)Nc1ccc([N+](=O)[O-])c(Nc2ccc(N3CCC(C(N)=O)CC3)c(F)c2)n1. The minimum atomic E-state index is -0.538. The zero-order valence-corrected chi connectivity index (χ0v) is 17.8. The predicted octanol–water partition coefficient (Wildman–Crippen LogP) is 3.78. The van der Waals surface area contributed by atoms with Crippen LogP contribution in [0.25, 0.3) is 0 Å². The third-order valence-electron chi connectivity index (χ3n) is 5.02. The number of benzene rings is 1. The van der Waals surface area contributed by atoms with E-state index in [1.807, 2.05) is 25.7 Å². The Morgan fingerprint density at radius 3 is 2.48 bits per heavy atom. The van der Waals surface area contributed by atoms with Crippen LogP contribution in [0.2, 0.25) is 0 Å². The number of hydrogen-bond acceptors (Lipinski definition) is 7. The molecule has 0 saturated carbocycles. The molecule has 10 heteroatoms. The largest absolute Gasteiger partial charge is 0.369 e. The Labute approximate surface area is 180 Å². The number of anilines is 4. The number of amides is 1. The highest BCUT2D eigenvalue weighted by atomic mass is 19.1. The normalized spacial score (nSPS) is 14.9. The number of pyridine rings is 1. The molecule has 3 rings (SSSR count). The van der Waals surface area contributed by atoms with Crippen LogP contribution in [0.15, 0.2) is 30.3 Å². The van der Waals surface area contributed by atoms with E-state index in [1.165, 1.54) is 18.2 Å². The second kappa shape index (κ2) is 8.75. The van der Waals surface area contributed by atoms with Crippen LogP contribution in [0.4, 0.5) is 33.1 Å². The highest BCUT2D eigenvalue weighted by Gasteiger charge is 2.25. The molecule has 0 spiro atoms. The van der Waals surface area contributed by atoms with E-state index < -0.39 is 10.7 Å². The van der Waals surface area contributed by atoms with Crippen LogP contribution >= 0.6 is 0 Å². The zero-order chi connectivity index (χ0) is 22.8. The number of nitrogens with two attached hydrogens (primary N) is 1. The summed E-state index contributed by atoms with van der Waals surface area (Å²) in [5.74, 6) is -0.476. The fraction of sp³-hybridized carbons (Fsp3) is 0.429. The van der Waals surface area contributed by atoms with Crippen LogP contribution in [-0.4, -0.2) is 34.4 Å². The Morgan fingerprint density at radius 1 is 1.26 bits per heavy atom. The van der Waals surface area contributed by atoms with Gasteiger partial charge in [-0.25, -0.2) is 9.37 Å². The molecule has 0 aliphatic carbocycles. The number of hydrogen-bond donors (Lipinski definition) is 3. The molecule has 1 aromatic carbocycles. The summed E-state index contributed by atoms with van der Waals surface area (Å²) in [6.45, 7) is 6.91. The lowest BCUT2D eigenvalue weighted by atomic mass is 9.96. The van der Waals surface area contributed by atoms with Crippen LogP contribution in [0, 0.1) is 21.8 Å². The van der Waals surface area contributed by atoms with Crippen molar-refractivity contribution in [2.45, 2.75) is 39.2 Å². The van der Waals surface area contributed by atoms with Crippen molar-refractivity contribution in [3.8, 4) is 0 Å². The second-order valence-corrected chi connectivity index (χ2v) is 8.65. The maximum Gasteiger partial charge on any atom is 0.311 e. The van der Waals surface area contributed by atoms with Crippen LogP contribution in [0.3, 0.4) is 0 Å². The molecular weight excluding hydrogens is 403 g/mol. The molecule has 166 valence electrons. The second-order valence-electron chi connectivity index (χ2n) is 8.65.